The zero-order valence-corrected chi connectivity index (χ0v) is 11.1. The van der Waals surface area contributed by atoms with Crippen LogP contribution in [0.5, 0.6) is 0 Å². The van der Waals surface area contributed by atoms with Crippen molar-refractivity contribution in [1.29, 1.82) is 0 Å². The lowest BCUT2D eigenvalue weighted by atomic mass is 9.98. The molecular formula is C12H13Cl2FN2O. The van der Waals surface area contributed by atoms with E-state index >= 15 is 0 Å². The molecule has 0 aromatic heterocycles. The number of halogens is 3. The minimum Gasteiger partial charge on any atom is -0.324 e. The molecule has 98 valence electrons. The predicted octanol–water partition coefficient (Wildman–Crippen LogP) is 3.34. The number of carbonyl (C=O) groups excluding carboxylic acids is 1. The molecule has 1 aromatic carbocycles. The van der Waals surface area contributed by atoms with Gasteiger partial charge in [-0.05, 0) is 25.0 Å². The van der Waals surface area contributed by atoms with Crippen molar-refractivity contribution in [2.45, 2.75) is 31.2 Å². The largest absolute Gasteiger partial charge is 0.324 e. The molecule has 1 fully saturated rings. The first-order chi connectivity index (χ1) is 8.42. The van der Waals surface area contributed by atoms with Crippen molar-refractivity contribution in [2.24, 2.45) is 5.73 Å². The van der Waals surface area contributed by atoms with Crippen LogP contribution >= 0.6 is 23.2 Å². The molecule has 1 saturated carbocycles. The van der Waals surface area contributed by atoms with Gasteiger partial charge in [0.15, 0.2) is 5.82 Å². The Hall–Kier alpha value is -0.840. The molecule has 18 heavy (non-hydrogen) atoms. The summed E-state index contributed by atoms with van der Waals surface area (Å²) >= 11 is 11.3. The Morgan fingerprint density at radius 2 is 1.78 bits per heavy atom. The molecular weight excluding hydrogens is 278 g/mol. The molecule has 0 heterocycles. The van der Waals surface area contributed by atoms with Crippen LogP contribution in [0.2, 0.25) is 10.0 Å². The van der Waals surface area contributed by atoms with E-state index in [9.17, 15) is 9.18 Å². The highest BCUT2D eigenvalue weighted by Crippen LogP contribution is 2.31. The maximum atomic E-state index is 13.2. The van der Waals surface area contributed by atoms with E-state index in [0.29, 0.717) is 18.5 Å². The number of amides is 1. The van der Waals surface area contributed by atoms with Crippen LogP contribution in [0.25, 0.3) is 0 Å². The summed E-state index contributed by atoms with van der Waals surface area (Å²) < 4.78 is 13.2. The highest BCUT2D eigenvalue weighted by molar-refractivity contribution is 6.35. The molecule has 3 N–H and O–H groups in total. The quantitative estimate of drug-likeness (QED) is 0.821. The molecule has 0 saturated heterocycles. The first-order valence-corrected chi connectivity index (χ1v) is 6.43. The van der Waals surface area contributed by atoms with Gasteiger partial charge in [-0.1, -0.05) is 36.0 Å². The molecule has 2 rings (SSSR count). The summed E-state index contributed by atoms with van der Waals surface area (Å²) in [6.45, 7) is 0. The van der Waals surface area contributed by atoms with Gasteiger partial charge in [-0.15, -0.1) is 0 Å². The lowest BCUT2D eigenvalue weighted by Gasteiger charge is -2.22. The van der Waals surface area contributed by atoms with Crippen molar-refractivity contribution < 1.29 is 9.18 Å². The van der Waals surface area contributed by atoms with E-state index in [1.165, 1.54) is 12.1 Å². The van der Waals surface area contributed by atoms with E-state index in [1.54, 1.807) is 0 Å². The summed E-state index contributed by atoms with van der Waals surface area (Å²) in [6, 6.07) is 2.64. The average molecular weight is 291 g/mol. The van der Waals surface area contributed by atoms with Crippen LogP contribution in [0, 0.1) is 5.82 Å². The molecule has 0 spiro atoms. The topological polar surface area (TPSA) is 55.1 Å². The van der Waals surface area contributed by atoms with Crippen molar-refractivity contribution in [2.75, 3.05) is 5.32 Å². The summed E-state index contributed by atoms with van der Waals surface area (Å²) in [4.78, 5) is 12.0. The summed E-state index contributed by atoms with van der Waals surface area (Å²) in [6.07, 6.45) is 3.19. The number of hydrogen-bond acceptors (Lipinski definition) is 2. The molecule has 0 aliphatic heterocycles. The van der Waals surface area contributed by atoms with Crippen molar-refractivity contribution in [1.82, 2.24) is 0 Å². The highest BCUT2D eigenvalue weighted by atomic mass is 35.5. The fourth-order valence-electron chi connectivity index (χ4n) is 2.12. The van der Waals surface area contributed by atoms with Gasteiger partial charge in [0.05, 0.1) is 15.6 Å². The normalized spacial score (nSPS) is 17.8. The van der Waals surface area contributed by atoms with Crippen LogP contribution in [0.15, 0.2) is 12.1 Å². The zero-order chi connectivity index (χ0) is 13.3. The summed E-state index contributed by atoms with van der Waals surface area (Å²) in [7, 11) is 0. The third-order valence-corrected chi connectivity index (χ3v) is 3.74. The Kier molecular flexibility index (Phi) is 3.80. The second kappa shape index (κ2) is 5.03. The van der Waals surface area contributed by atoms with Gasteiger partial charge in [-0.2, -0.15) is 0 Å². The van der Waals surface area contributed by atoms with Crippen molar-refractivity contribution in [3.63, 3.8) is 0 Å². The van der Waals surface area contributed by atoms with E-state index in [4.69, 9.17) is 28.9 Å². The Balaban J connectivity index is 2.17. The first-order valence-electron chi connectivity index (χ1n) is 5.67. The molecule has 3 nitrogen and oxygen atoms in total. The molecule has 1 aliphatic rings. The van der Waals surface area contributed by atoms with Crippen molar-refractivity contribution >= 4 is 34.8 Å². The summed E-state index contributed by atoms with van der Waals surface area (Å²) in [5, 5.41) is 2.38. The number of nitrogens with two attached hydrogens (primary N) is 1. The van der Waals surface area contributed by atoms with E-state index in [2.05, 4.69) is 5.32 Å². The number of hydrogen-bond donors (Lipinski definition) is 2. The molecule has 0 bridgehead atoms. The second-order valence-electron chi connectivity index (χ2n) is 4.57. The zero-order valence-electron chi connectivity index (χ0n) is 9.60. The summed E-state index contributed by atoms with van der Waals surface area (Å²) in [5.41, 5.74) is 5.52. The number of benzene rings is 1. The van der Waals surface area contributed by atoms with E-state index in [1.807, 2.05) is 0 Å². The van der Waals surface area contributed by atoms with Gasteiger partial charge in [0, 0.05) is 5.69 Å². The third-order valence-electron chi connectivity index (χ3n) is 3.19. The molecule has 0 radical (unpaired) electrons. The van der Waals surface area contributed by atoms with Gasteiger partial charge in [0.2, 0.25) is 5.91 Å². The average Bonchev–Trinajstić information content (AvgIpc) is 2.74. The van der Waals surface area contributed by atoms with Gasteiger partial charge in [-0.3, -0.25) is 4.79 Å². The van der Waals surface area contributed by atoms with Crippen LogP contribution in [0.1, 0.15) is 25.7 Å². The SMILES string of the molecule is NC1(C(=O)Nc2cc(Cl)c(F)c(Cl)c2)CCCC1. The van der Waals surface area contributed by atoms with Gasteiger partial charge < -0.3 is 11.1 Å². The molecule has 1 amide bonds. The van der Waals surface area contributed by atoms with Gasteiger partial charge in [0.25, 0.3) is 0 Å². The van der Waals surface area contributed by atoms with Crippen LogP contribution in [-0.2, 0) is 4.79 Å². The van der Waals surface area contributed by atoms with Gasteiger partial charge in [0.1, 0.15) is 0 Å². The molecule has 0 atom stereocenters. The highest BCUT2D eigenvalue weighted by Gasteiger charge is 2.37. The third kappa shape index (κ3) is 2.60. The van der Waals surface area contributed by atoms with Gasteiger partial charge in [-0.25, -0.2) is 4.39 Å². The van der Waals surface area contributed by atoms with Crippen LogP contribution in [0.4, 0.5) is 10.1 Å². The lowest BCUT2D eigenvalue weighted by Crippen LogP contribution is -2.48. The van der Waals surface area contributed by atoms with E-state index in [0.717, 1.165) is 12.8 Å². The van der Waals surface area contributed by atoms with Crippen molar-refractivity contribution in [3.8, 4) is 0 Å². The van der Waals surface area contributed by atoms with Crippen molar-refractivity contribution in [3.05, 3.63) is 28.0 Å². The van der Waals surface area contributed by atoms with E-state index in [-0.39, 0.29) is 16.0 Å². The Morgan fingerprint density at radius 3 is 2.28 bits per heavy atom. The number of anilines is 1. The molecule has 1 aromatic rings. The van der Waals surface area contributed by atoms with Crippen LogP contribution < -0.4 is 11.1 Å². The second-order valence-corrected chi connectivity index (χ2v) is 5.39. The van der Waals surface area contributed by atoms with Crippen LogP contribution in [0.3, 0.4) is 0 Å². The first kappa shape index (κ1) is 13.6. The minimum absolute atomic E-state index is 0.129. The standard InChI is InChI=1S/C12H13Cl2FN2O/c13-8-5-7(6-9(14)10(8)15)17-11(18)12(16)3-1-2-4-12/h5-6H,1-4,16H2,(H,17,18). The van der Waals surface area contributed by atoms with Crippen LogP contribution in [-0.4, -0.2) is 11.4 Å². The molecule has 1 aliphatic carbocycles. The molecule has 0 unspecified atom stereocenters. The lowest BCUT2D eigenvalue weighted by molar-refractivity contribution is -0.121. The smallest absolute Gasteiger partial charge is 0.244 e. The summed E-state index contributed by atoms with van der Waals surface area (Å²) in [5.74, 6) is -0.974. The Bertz CT molecular complexity index is 464. The predicted molar refractivity (Wildman–Crippen MR) is 70.4 cm³/mol. The fourth-order valence-corrected chi connectivity index (χ4v) is 2.60. The Morgan fingerprint density at radius 1 is 1.28 bits per heavy atom. The van der Waals surface area contributed by atoms with E-state index < -0.39 is 11.4 Å². The molecule has 6 heteroatoms. The monoisotopic (exact) mass is 290 g/mol. The number of nitrogens with one attached hydrogen (secondary N) is 1. The number of rotatable bonds is 2. The minimum atomic E-state index is -0.840. The number of carbonyl (C=O) groups is 1. The van der Waals surface area contributed by atoms with Gasteiger partial charge >= 0.3 is 0 Å². The maximum Gasteiger partial charge on any atom is 0.244 e. The maximum absolute atomic E-state index is 13.2. The Labute approximate surface area is 114 Å². The fraction of sp³-hybridized carbons (Fsp3) is 0.417.